The van der Waals surface area contributed by atoms with Crippen LogP contribution >= 0.6 is 0 Å². The van der Waals surface area contributed by atoms with Crippen LogP contribution in [0.1, 0.15) is 13.8 Å². The first-order chi connectivity index (χ1) is 5.75. The van der Waals surface area contributed by atoms with Gasteiger partial charge < -0.3 is 4.90 Å². The molecule has 0 saturated heterocycles. The molecular formula is C11H15N. The highest BCUT2D eigenvalue weighted by molar-refractivity contribution is 5.50. The molecule has 0 aliphatic heterocycles. The molecule has 1 nitrogen and oxygen atoms in total. The highest BCUT2D eigenvalue weighted by Gasteiger charge is 2.01. The Balaban J connectivity index is 2.88. The molecule has 0 aromatic heterocycles. The van der Waals surface area contributed by atoms with Crippen molar-refractivity contribution >= 4 is 5.69 Å². The summed E-state index contributed by atoms with van der Waals surface area (Å²) in [5.74, 6) is 0. The van der Waals surface area contributed by atoms with E-state index < -0.39 is 0 Å². The Morgan fingerprint density at radius 1 is 1.33 bits per heavy atom. The highest BCUT2D eigenvalue weighted by atomic mass is 15.1. The molecule has 1 heteroatoms. The molecule has 1 aromatic carbocycles. The minimum absolute atomic E-state index is 0.972. The minimum atomic E-state index is 0.972. The van der Waals surface area contributed by atoms with Crippen LogP contribution in [-0.4, -0.2) is 6.54 Å². The molecule has 0 heterocycles. The van der Waals surface area contributed by atoms with Gasteiger partial charge in [0.15, 0.2) is 0 Å². The van der Waals surface area contributed by atoms with Gasteiger partial charge in [0, 0.05) is 17.9 Å². The average Bonchev–Trinajstić information content (AvgIpc) is 2.07. The van der Waals surface area contributed by atoms with Crippen LogP contribution in [0.2, 0.25) is 0 Å². The van der Waals surface area contributed by atoms with Crippen molar-refractivity contribution < 1.29 is 0 Å². The Labute approximate surface area is 74.3 Å². The molecule has 0 unspecified atom stereocenters. The topological polar surface area (TPSA) is 3.24 Å². The van der Waals surface area contributed by atoms with Crippen LogP contribution in [-0.2, 0) is 0 Å². The lowest BCUT2D eigenvalue weighted by Crippen LogP contribution is -2.18. The van der Waals surface area contributed by atoms with Crippen molar-refractivity contribution in [1.29, 1.82) is 0 Å². The zero-order valence-corrected chi connectivity index (χ0v) is 7.75. The molecule has 12 heavy (non-hydrogen) atoms. The molecule has 0 aliphatic rings. The van der Waals surface area contributed by atoms with Gasteiger partial charge in [-0.1, -0.05) is 24.8 Å². The van der Waals surface area contributed by atoms with Crippen molar-refractivity contribution in [3.8, 4) is 0 Å². The van der Waals surface area contributed by atoms with Crippen molar-refractivity contribution in [3.05, 3.63) is 42.6 Å². The van der Waals surface area contributed by atoms with Gasteiger partial charge in [0.2, 0.25) is 0 Å². The minimum Gasteiger partial charge on any atom is -0.346 e. The van der Waals surface area contributed by atoms with E-state index in [0.717, 1.165) is 12.2 Å². The maximum absolute atomic E-state index is 3.93. The van der Waals surface area contributed by atoms with Gasteiger partial charge in [-0.3, -0.25) is 0 Å². The number of hydrogen-bond donors (Lipinski definition) is 0. The molecule has 0 amide bonds. The molecule has 64 valence electrons. The fourth-order valence-corrected chi connectivity index (χ4v) is 1.28. The Hall–Kier alpha value is -1.24. The smallest absolute Gasteiger partial charge is 0.0407 e. The number of allylic oxidation sites excluding steroid dienone is 1. The van der Waals surface area contributed by atoms with E-state index in [1.54, 1.807) is 0 Å². The van der Waals surface area contributed by atoms with Crippen LogP contribution in [0, 0.1) is 0 Å². The van der Waals surface area contributed by atoms with Crippen LogP contribution in [0.5, 0.6) is 0 Å². The molecule has 0 fully saturated rings. The Morgan fingerprint density at radius 2 is 1.92 bits per heavy atom. The van der Waals surface area contributed by atoms with Crippen molar-refractivity contribution in [2.24, 2.45) is 0 Å². The van der Waals surface area contributed by atoms with Gasteiger partial charge in [0.05, 0.1) is 0 Å². The fourth-order valence-electron chi connectivity index (χ4n) is 1.28. The third-order valence-electron chi connectivity index (χ3n) is 1.84. The average molecular weight is 161 g/mol. The van der Waals surface area contributed by atoms with Crippen molar-refractivity contribution in [3.63, 3.8) is 0 Å². The summed E-state index contributed by atoms with van der Waals surface area (Å²) in [5, 5.41) is 0. The molecule has 0 atom stereocenters. The summed E-state index contributed by atoms with van der Waals surface area (Å²) < 4.78 is 0. The van der Waals surface area contributed by atoms with Gasteiger partial charge >= 0.3 is 0 Å². The molecular weight excluding hydrogens is 146 g/mol. The summed E-state index contributed by atoms with van der Waals surface area (Å²) in [6, 6.07) is 10.3. The monoisotopic (exact) mass is 161 g/mol. The molecule has 1 aromatic rings. The Kier molecular flexibility index (Phi) is 2.92. The standard InChI is InChI=1S/C11H15N/c1-4-12(10(2)3)11-8-6-5-7-9-11/h5-9H,2,4H2,1,3H3. The maximum Gasteiger partial charge on any atom is 0.0407 e. The Bertz CT molecular complexity index is 251. The van der Waals surface area contributed by atoms with Gasteiger partial charge in [0.25, 0.3) is 0 Å². The second-order valence-electron chi connectivity index (χ2n) is 2.82. The summed E-state index contributed by atoms with van der Waals surface area (Å²) in [4.78, 5) is 2.18. The van der Waals surface area contributed by atoms with E-state index in [1.807, 2.05) is 25.1 Å². The SMILES string of the molecule is C=C(C)N(CC)c1ccccc1. The van der Waals surface area contributed by atoms with Crippen LogP contribution in [0.4, 0.5) is 5.69 Å². The zero-order chi connectivity index (χ0) is 8.97. The van der Waals surface area contributed by atoms with E-state index in [2.05, 4.69) is 30.5 Å². The maximum atomic E-state index is 3.93. The third kappa shape index (κ3) is 1.88. The number of para-hydroxylation sites is 1. The molecule has 0 spiro atoms. The van der Waals surface area contributed by atoms with E-state index in [1.165, 1.54) is 5.69 Å². The molecule has 0 N–H and O–H groups in total. The normalized spacial score (nSPS) is 9.50. The van der Waals surface area contributed by atoms with E-state index in [-0.39, 0.29) is 0 Å². The van der Waals surface area contributed by atoms with Crippen LogP contribution in [0.25, 0.3) is 0 Å². The van der Waals surface area contributed by atoms with Crippen molar-refractivity contribution in [2.75, 3.05) is 11.4 Å². The number of hydrogen-bond acceptors (Lipinski definition) is 1. The molecule has 0 bridgehead atoms. The number of rotatable bonds is 3. The predicted octanol–water partition coefficient (Wildman–Crippen LogP) is 3.05. The lowest BCUT2D eigenvalue weighted by atomic mass is 10.3. The summed E-state index contributed by atoms with van der Waals surface area (Å²) in [7, 11) is 0. The van der Waals surface area contributed by atoms with Crippen molar-refractivity contribution in [2.45, 2.75) is 13.8 Å². The largest absolute Gasteiger partial charge is 0.346 e. The van der Waals surface area contributed by atoms with Crippen LogP contribution in [0.3, 0.4) is 0 Å². The van der Waals surface area contributed by atoms with E-state index in [9.17, 15) is 0 Å². The number of benzene rings is 1. The van der Waals surface area contributed by atoms with Crippen LogP contribution in [0.15, 0.2) is 42.6 Å². The molecule has 1 rings (SSSR count). The summed E-state index contributed by atoms with van der Waals surface area (Å²) in [6.45, 7) is 9.05. The Morgan fingerprint density at radius 3 is 2.33 bits per heavy atom. The number of nitrogens with zero attached hydrogens (tertiary/aromatic N) is 1. The predicted molar refractivity (Wildman–Crippen MR) is 54.3 cm³/mol. The van der Waals surface area contributed by atoms with Crippen molar-refractivity contribution in [1.82, 2.24) is 0 Å². The first-order valence-electron chi connectivity index (χ1n) is 4.23. The second-order valence-corrected chi connectivity index (χ2v) is 2.82. The van der Waals surface area contributed by atoms with Gasteiger partial charge in [-0.05, 0) is 26.0 Å². The lowest BCUT2D eigenvalue weighted by molar-refractivity contribution is 0.958. The van der Waals surface area contributed by atoms with Gasteiger partial charge in [0.1, 0.15) is 0 Å². The van der Waals surface area contributed by atoms with Crippen LogP contribution < -0.4 is 4.90 Å². The van der Waals surface area contributed by atoms with Gasteiger partial charge in [-0.15, -0.1) is 0 Å². The summed E-state index contributed by atoms with van der Waals surface area (Å²) in [5.41, 5.74) is 2.30. The molecule has 0 aliphatic carbocycles. The van der Waals surface area contributed by atoms with Gasteiger partial charge in [-0.25, -0.2) is 0 Å². The quantitative estimate of drug-likeness (QED) is 0.658. The molecule has 0 saturated carbocycles. The highest BCUT2D eigenvalue weighted by Crippen LogP contribution is 2.16. The summed E-state index contributed by atoms with van der Waals surface area (Å²) in [6.07, 6.45) is 0. The second kappa shape index (κ2) is 3.96. The first-order valence-corrected chi connectivity index (χ1v) is 4.23. The zero-order valence-electron chi connectivity index (χ0n) is 7.75. The lowest BCUT2D eigenvalue weighted by Gasteiger charge is -2.22. The van der Waals surface area contributed by atoms with E-state index in [0.29, 0.717) is 0 Å². The third-order valence-corrected chi connectivity index (χ3v) is 1.84. The van der Waals surface area contributed by atoms with Gasteiger partial charge in [-0.2, -0.15) is 0 Å². The fraction of sp³-hybridized carbons (Fsp3) is 0.273. The molecule has 0 radical (unpaired) electrons. The summed E-state index contributed by atoms with van der Waals surface area (Å²) >= 11 is 0. The first kappa shape index (κ1) is 8.85. The number of anilines is 1. The van der Waals surface area contributed by atoms with E-state index in [4.69, 9.17) is 0 Å². The van der Waals surface area contributed by atoms with E-state index >= 15 is 0 Å².